The molecule has 2 rings (SSSR count). The molecule has 1 aromatic carbocycles. The molecule has 0 aliphatic rings. The molecule has 0 aliphatic carbocycles. The number of aromatic nitrogens is 1. The average molecular weight is 312 g/mol. The van der Waals surface area contributed by atoms with Gasteiger partial charge < -0.3 is 10.6 Å². The molecule has 0 fully saturated rings. The van der Waals surface area contributed by atoms with Gasteiger partial charge in [-0.25, -0.2) is 4.98 Å². The molecule has 4 nitrogen and oxygen atoms in total. The van der Waals surface area contributed by atoms with Crippen molar-refractivity contribution in [2.75, 3.05) is 7.05 Å². The molecule has 1 heterocycles. The van der Waals surface area contributed by atoms with Gasteiger partial charge in [0.2, 0.25) is 0 Å². The number of amides is 1. The molecule has 0 saturated heterocycles. The van der Waals surface area contributed by atoms with E-state index in [-0.39, 0.29) is 18.3 Å². The Bertz CT molecular complexity index is 568. The number of thiazole rings is 1. The standard InChI is InChI=1S/C14H17N3OS.ClH/c1-10-16-8-13(19-10)9-17(2)14(18)12-5-3-11(7-15)4-6-12;/h3-6,8H,7,9,15H2,1-2H3;1H. The first-order valence-corrected chi connectivity index (χ1v) is 6.87. The maximum absolute atomic E-state index is 12.2. The van der Waals surface area contributed by atoms with E-state index in [2.05, 4.69) is 4.98 Å². The van der Waals surface area contributed by atoms with Gasteiger partial charge in [-0.05, 0) is 24.6 Å². The van der Waals surface area contributed by atoms with E-state index < -0.39 is 0 Å². The van der Waals surface area contributed by atoms with Gasteiger partial charge in [0.15, 0.2) is 0 Å². The average Bonchev–Trinajstić information content (AvgIpc) is 2.83. The van der Waals surface area contributed by atoms with Crippen molar-refractivity contribution in [1.82, 2.24) is 9.88 Å². The lowest BCUT2D eigenvalue weighted by molar-refractivity contribution is 0.0786. The molecular weight excluding hydrogens is 294 g/mol. The summed E-state index contributed by atoms with van der Waals surface area (Å²) in [6.45, 7) is 3.04. The highest BCUT2D eigenvalue weighted by molar-refractivity contribution is 7.11. The zero-order chi connectivity index (χ0) is 13.8. The van der Waals surface area contributed by atoms with E-state index in [1.54, 1.807) is 23.3 Å². The predicted molar refractivity (Wildman–Crippen MR) is 84.2 cm³/mol. The number of nitrogens with two attached hydrogens (primary N) is 1. The van der Waals surface area contributed by atoms with Crippen LogP contribution in [-0.2, 0) is 13.1 Å². The van der Waals surface area contributed by atoms with Crippen LogP contribution in [0.25, 0.3) is 0 Å². The van der Waals surface area contributed by atoms with Crippen LogP contribution in [0.1, 0.15) is 25.8 Å². The maximum atomic E-state index is 12.2. The Hall–Kier alpha value is -1.43. The van der Waals surface area contributed by atoms with E-state index in [4.69, 9.17) is 5.73 Å². The summed E-state index contributed by atoms with van der Waals surface area (Å²) < 4.78 is 0. The lowest BCUT2D eigenvalue weighted by Gasteiger charge is -2.16. The molecule has 2 aromatic rings. The smallest absolute Gasteiger partial charge is 0.253 e. The van der Waals surface area contributed by atoms with E-state index in [1.807, 2.05) is 37.4 Å². The van der Waals surface area contributed by atoms with Crippen molar-refractivity contribution in [2.45, 2.75) is 20.0 Å². The molecule has 1 amide bonds. The van der Waals surface area contributed by atoms with Gasteiger partial charge in [-0.2, -0.15) is 0 Å². The van der Waals surface area contributed by atoms with Crippen molar-refractivity contribution < 1.29 is 4.79 Å². The Kier molecular flexibility index (Phi) is 6.13. The quantitative estimate of drug-likeness (QED) is 0.944. The minimum Gasteiger partial charge on any atom is -0.337 e. The third kappa shape index (κ3) is 4.03. The molecule has 0 spiro atoms. The molecule has 20 heavy (non-hydrogen) atoms. The number of hydrogen-bond acceptors (Lipinski definition) is 4. The van der Waals surface area contributed by atoms with Crippen LogP contribution >= 0.6 is 23.7 Å². The summed E-state index contributed by atoms with van der Waals surface area (Å²) in [5.41, 5.74) is 7.25. The molecule has 0 unspecified atom stereocenters. The zero-order valence-electron chi connectivity index (χ0n) is 11.5. The zero-order valence-corrected chi connectivity index (χ0v) is 13.1. The number of rotatable bonds is 4. The van der Waals surface area contributed by atoms with Gasteiger partial charge in [0.25, 0.3) is 5.91 Å². The van der Waals surface area contributed by atoms with Gasteiger partial charge >= 0.3 is 0 Å². The first-order chi connectivity index (χ1) is 9.10. The first-order valence-electron chi connectivity index (χ1n) is 6.06. The largest absolute Gasteiger partial charge is 0.337 e. The van der Waals surface area contributed by atoms with Gasteiger partial charge in [-0.15, -0.1) is 23.7 Å². The third-order valence-electron chi connectivity index (χ3n) is 2.85. The lowest BCUT2D eigenvalue weighted by Crippen LogP contribution is -2.25. The Labute approximate surface area is 129 Å². The molecule has 0 radical (unpaired) electrons. The molecule has 2 N–H and O–H groups in total. The highest BCUT2D eigenvalue weighted by Crippen LogP contribution is 2.15. The number of aryl methyl sites for hydroxylation is 1. The molecule has 0 aliphatic heterocycles. The monoisotopic (exact) mass is 311 g/mol. The van der Waals surface area contributed by atoms with Gasteiger partial charge in [0.05, 0.1) is 11.6 Å². The van der Waals surface area contributed by atoms with Crippen LogP contribution in [-0.4, -0.2) is 22.8 Å². The van der Waals surface area contributed by atoms with Crippen LogP contribution in [0.2, 0.25) is 0 Å². The van der Waals surface area contributed by atoms with E-state index in [1.165, 1.54) is 0 Å². The predicted octanol–water partition coefficient (Wildman–Crippen LogP) is 2.60. The van der Waals surface area contributed by atoms with Crippen LogP contribution in [0.15, 0.2) is 30.5 Å². The van der Waals surface area contributed by atoms with Gasteiger partial charge in [0, 0.05) is 30.2 Å². The number of carbonyl (C=O) groups excluding carboxylic acids is 1. The number of hydrogen-bond donors (Lipinski definition) is 1. The molecular formula is C14H18ClN3OS. The minimum absolute atomic E-state index is 0. The number of halogens is 1. The van der Waals surface area contributed by atoms with Crippen molar-refractivity contribution in [2.24, 2.45) is 5.73 Å². The molecule has 6 heteroatoms. The molecule has 0 saturated carbocycles. The Balaban J connectivity index is 0.00000200. The fraction of sp³-hybridized carbons (Fsp3) is 0.286. The normalized spacial score (nSPS) is 9.95. The van der Waals surface area contributed by atoms with Crippen molar-refractivity contribution in [1.29, 1.82) is 0 Å². The molecule has 0 atom stereocenters. The molecule has 1 aromatic heterocycles. The maximum Gasteiger partial charge on any atom is 0.253 e. The second-order valence-corrected chi connectivity index (χ2v) is 5.73. The number of nitrogens with zero attached hydrogens (tertiary/aromatic N) is 2. The topological polar surface area (TPSA) is 59.2 Å². The molecule has 108 valence electrons. The van der Waals surface area contributed by atoms with Crippen LogP contribution in [0.3, 0.4) is 0 Å². The summed E-state index contributed by atoms with van der Waals surface area (Å²) in [5.74, 6) is 0.00891. The molecule has 0 bridgehead atoms. The van der Waals surface area contributed by atoms with E-state index in [9.17, 15) is 4.79 Å². The Morgan fingerprint density at radius 2 is 2.00 bits per heavy atom. The van der Waals surface area contributed by atoms with Crippen LogP contribution < -0.4 is 5.73 Å². The highest BCUT2D eigenvalue weighted by atomic mass is 35.5. The summed E-state index contributed by atoms with van der Waals surface area (Å²) in [4.78, 5) is 19.2. The van der Waals surface area contributed by atoms with E-state index in [0.717, 1.165) is 15.4 Å². The van der Waals surface area contributed by atoms with Crippen LogP contribution in [0.5, 0.6) is 0 Å². The fourth-order valence-electron chi connectivity index (χ4n) is 1.79. The van der Waals surface area contributed by atoms with Gasteiger partial charge in [0.1, 0.15) is 0 Å². The number of carbonyl (C=O) groups is 1. The number of benzene rings is 1. The van der Waals surface area contributed by atoms with Gasteiger partial charge in [-0.3, -0.25) is 4.79 Å². The second-order valence-electron chi connectivity index (χ2n) is 4.41. The van der Waals surface area contributed by atoms with Gasteiger partial charge in [-0.1, -0.05) is 12.1 Å². The summed E-state index contributed by atoms with van der Waals surface area (Å²) >= 11 is 1.61. The van der Waals surface area contributed by atoms with Crippen molar-refractivity contribution >= 4 is 29.7 Å². The second kappa shape index (κ2) is 7.38. The lowest BCUT2D eigenvalue weighted by atomic mass is 10.1. The van der Waals surface area contributed by atoms with E-state index >= 15 is 0 Å². The van der Waals surface area contributed by atoms with Crippen LogP contribution in [0.4, 0.5) is 0 Å². The fourth-order valence-corrected chi connectivity index (χ4v) is 2.64. The first kappa shape index (κ1) is 16.6. The Morgan fingerprint density at radius 3 is 2.50 bits per heavy atom. The highest BCUT2D eigenvalue weighted by Gasteiger charge is 2.12. The summed E-state index contributed by atoms with van der Waals surface area (Å²) in [6.07, 6.45) is 1.82. The summed E-state index contributed by atoms with van der Waals surface area (Å²) in [5, 5.41) is 1.02. The van der Waals surface area contributed by atoms with Crippen molar-refractivity contribution in [3.05, 3.63) is 51.5 Å². The van der Waals surface area contributed by atoms with Crippen molar-refractivity contribution in [3.63, 3.8) is 0 Å². The summed E-state index contributed by atoms with van der Waals surface area (Å²) in [6, 6.07) is 7.41. The van der Waals surface area contributed by atoms with E-state index in [0.29, 0.717) is 18.7 Å². The van der Waals surface area contributed by atoms with Crippen LogP contribution in [0, 0.1) is 6.92 Å². The Morgan fingerprint density at radius 1 is 1.35 bits per heavy atom. The SMILES string of the molecule is Cc1ncc(CN(C)C(=O)c2ccc(CN)cc2)s1.Cl. The van der Waals surface area contributed by atoms with Crippen molar-refractivity contribution in [3.8, 4) is 0 Å². The summed E-state index contributed by atoms with van der Waals surface area (Å²) in [7, 11) is 1.80. The minimum atomic E-state index is 0. The third-order valence-corrected chi connectivity index (χ3v) is 3.74.